The second-order valence-electron chi connectivity index (χ2n) is 8.51. The van der Waals surface area contributed by atoms with E-state index in [1.54, 1.807) is 50.6 Å². The molecule has 0 aliphatic carbocycles. The van der Waals surface area contributed by atoms with E-state index in [1.807, 2.05) is 43.3 Å². The van der Waals surface area contributed by atoms with Crippen molar-refractivity contribution in [2.24, 2.45) is 0 Å². The summed E-state index contributed by atoms with van der Waals surface area (Å²) in [6.07, 6.45) is 0.544. The molecular formula is C29H29NO6. The number of rotatable bonds is 9. The highest BCUT2D eigenvalue weighted by Crippen LogP contribution is 2.41. The van der Waals surface area contributed by atoms with Crippen LogP contribution in [0.2, 0.25) is 0 Å². The summed E-state index contributed by atoms with van der Waals surface area (Å²) >= 11 is 0. The minimum absolute atomic E-state index is 0.0406. The number of nitrogens with zero attached hydrogens (tertiary/aromatic N) is 1. The predicted octanol–water partition coefficient (Wildman–Crippen LogP) is 5.25. The van der Waals surface area contributed by atoms with Crippen molar-refractivity contribution in [2.75, 3.05) is 27.4 Å². The third-order valence-corrected chi connectivity index (χ3v) is 6.11. The normalized spacial score (nSPS) is 16.9. The van der Waals surface area contributed by atoms with E-state index in [1.165, 1.54) is 4.90 Å². The maximum atomic E-state index is 13.2. The Balaban J connectivity index is 1.79. The number of likely N-dealkylation sites (tertiary alicyclic amines) is 1. The number of ether oxygens (including phenoxy) is 3. The number of hydrogen-bond donors (Lipinski definition) is 1. The van der Waals surface area contributed by atoms with Gasteiger partial charge in [0, 0.05) is 25.8 Å². The lowest BCUT2D eigenvalue weighted by Gasteiger charge is -2.25. The second kappa shape index (κ2) is 11.1. The summed E-state index contributed by atoms with van der Waals surface area (Å²) in [5.41, 5.74) is 1.93. The molecule has 0 spiro atoms. The van der Waals surface area contributed by atoms with Crippen LogP contribution in [0.3, 0.4) is 0 Å². The van der Waals surface area contributed by atoms with Gasteiger partial charge in [-0.25, -0.2) is 0 Å². The molecule has 1 saturated heterocycles. The molecular weight excluding hydrogens is 458 g/mol. The van der Waals surface area contributed by atoms with E-state index < -0.39 is 17.7 Å². The van der Waals surface area contributed by atoms with Gasteiger partial charge in [0.05, 0.1) is 18.7 Å². The number of aryl methyl sites for hydroxylation is 1. The summed E-state index contributed by atoms with van der Waals surface area (Å²) < 4.78 is 16.5. The summed E-state index contributed by atoms with van der Waals surface area (Å²) in [7, 11) is 3.15. The number of carbonyl (C=O) groups is 2. The molecule has 1 N–H and O–H groups in total. The minimum Gasteiger partial charge on any atom is -0.507 e. The molecule has 1 fully saturated rings. The monoisotopic (exact) mass is 487 g/mol. The van der Waals surface area contributed by atoms with Crippen molar-refractivity contribution < 1.29 is 28.9 Å². The van der Waals surface area contributed by atoms with Crippen LogP contribution in [0.4, 0.5) is 0 Å². The van der Waals surface area contributed by atoms with Crippen LogP contribution in [0.1, 0.15) is 29.2 Å². The van der Waals surface area contributed by atoms with Gasteiger partial charge in [0.1, 0.15) is 23.0 Å². The molecule has 0 radical (unpaired) electrons. The minimum atomic E-state index is -0.774. The van der Waals surface area contributed by atoms with Gasteiger partial charge in [-0.05, 0) is 66.9 Å². The maximum Gasteiger partial charge on any atom is 0.295 e. The summed E-state index contributed by atoms with van der Waals surface area (Å²) in [5, 5.41) is 11.3. The van der Waals surface area contributed by atoms with Crippen LogP contribution in [0.25, 0.3) is 5.76 Å². The van der Waals surface area contributed by atoms with Crippen molar-refractivity contribution in [3.8, 4) is 17.2 Å². The largest absolute Gasteiger partial charge is 0.507 e. The van der Waals surface area contributed by atoms with Crippen molar-refractivity contribution in [1.82, 2.24) is 4.90 Å². The Morgan fingerprint density at radius 2 is 1.69 bits per heavy atom. The number of carbonyl (C=O) groups excluding carboxylic acids is 2. The standard InChI is InChI=1S/C29H29NO6/c1-19-17-21(13-14-24(19)35-3)27(31)25-26(30(15-8-16-34-2)29(33)28(25)32)20-9-7-12-23(18-20)36-22-10-5-4-6-11-22/h4-7,9-14,17-18,26,31H,8,15-16H2,1-3H3/b27-25-. The number of aliphatic hydroxyl groups is 1. The summed E-state index contributed by atoms with van der Waals surface area (Å²) in [6, 6.07) is 20.9. The number of benzene rings is 3. The van der Waals surface area contributed by atoms with E-state index in [2.05, 4.69) is 0 Å². The SMILES string of the molecule is COCCCN1C(=O)C(=O)/C(=C(\O)c2ccc(OC)c(C)c2)C1c1cccc(Oc2ccccc2)c1. The molecule has 1 aliphatic heterocycles. The predicted molar refractivity (Wildman–Crippen MR) is 136 cm³/mol. The Bertz CT molecular complexity index is 1280. The van der Waals surface area contributed by atoms with E-state index in [9.17, 15) is 14.7 Å². The molecule has 1 unspecified atom stereocenters. The number of methoxy groups -OCH3 is 2. The third kappa shape index (κ3) is 5.11. The zero-order chi connectivity index (χ0) is 25.7. The van der Waals surface area contributed by atoms with Crippen LogP contribution in [0, 0.1) is 6.92 Å². The highest BCUT2D eigenvalue weighted by atomic mass is 16.5. The summed E-state index contributed by atoms with van der Waals surface area (Å²) in [4.78, 5) is 27.8. The fourth-order valence-electron chi connectivity index (χ4n) is 4.39. The zero-order valence-corrected chi connectivity index (χ0v) is 20.6. The Hall–Kier alpha value is -4.10. The van der Waals surface area contributed by atoms with Crippen LogP contribution in [0.5, 0.6) is 17.2 Å². The molecule has 1 amide bonds. The van der Waals surface area contributed by atoms with Gasteiger partial charge in [-0.1, -0.05) is 30.3 Å². The van der Waals surface area contributed by atoms with Crippen LogP contribution >= 0.6 is 0 Å². The highest BCUT2D eigenvalue weighted by molar-refractivity contribution is 6.46. The Labute approximate surface area is 210 Å². The Kier molecular flexibility index (Phi) is 7.71. The van der Waals surface area contributed by atoms with Gasteiger partial charge in [0.25, 0.3) is 11.7 Å². The van der Waals surface area contributed by atoms with Crippen molar-refractivity contribution in [3.05, 3.63) is 95.1 Å². The molecule has 7 nitrogen and oxygen atoms in total. The zero-order valence-electron chi connectivity index (χ0n) is 20.6. The molecule has 3 aromatic rings. The van der Waals surface area contributed by atoms with Crippen molar-refractivity contribution in [1.29, 1.82) is 0 Å². The lowest BCUT2D eigenvalue weighted by atomic mass is 9.94. The number of Topliss-reactive ketones (excluding diaryl/α,β-unsaturated/α-hetero) is 1. The first-order chi connectivity index (χ1) is 17.4. The van der Waals surface area contributed by atoms with E-state index >= 15 is 0 Å². The average Bonchev–Trinajstić information content (AvgIpc) is 3.14. The summed E-state index contributed by atoms with van der Waals surface area (Å²) in [6.45, 7) is 2.58. The lowest BCUT2D eigenvalue weighted by molar-refractivity contribution is -0.140. The van der Waals surface area contributed by atoms with Crippen LogP contribution < -0.4 is 9.47 Å². The van der Waals surface area contributed by atoms with Crippen LogP contribution in [-0.2, 0) is 14.3 Å². The molecule has 0 aromatic heterocycles. The van der Waals surface area contributed by atoms with E-state index in [-0.39, 0.29) is 11.3 Å². The van der Waals surface area contributed by atoms with Gasteiger partial charge in [-0.3, -0.25) is 9.59 Å². The first-order valence-corrected chi connectivity index (χ1v) is 11.7. The van der Waals surface area contributed by atoms with Gasteiger partial charge < -0.3 is 24.2 Å². The molecule has 1 heterocycles. The van der Waals surface area contributed by atoms with Crippen LogP contribution in [0.15, 0.2) is 78.4 Å². The summed E-state index contributed by atoms with van der Waals surface area (Å²) in [5.74, 6) is 0.274. The molecule has 0 bridgehead atoms. The van der Waals surface area contributed by atoms with Gasteiger partial charge in [-0.2, -0.15) is 0 Å². The highest BCUT2D eigenvalue weighted by Gasteiger charge is 2.45. The smallest absolute Gasteiger partial charge is 0.295 e. The fraction of sp³-hybridized carbons (Fsp3) is 0.241. The van der Waals surface area contributed by atoms with Crippen molar-refractivity contribution in [2.45, 2.75) is 19.4 Å². The third-order valence-electron chi connectivity index (χ3n) is 6.11. The van der Waals surface area contributed by atoms with E-state index in [0.29, 0.717) is 47.9 Å². The number of aliphatic hydroxyl groups excluding tert-OH is 1. The van der Waals surface area contributed by atoms with Crippen LogP contribution in [-0.4, -0.2) is 49.1 Å². The van der Waals surface area contributed by atoms with Gasteiger partial charge in [0.15, 0.2) is 0 Å². The number of ketones is 1. The van der Waals surface area contributed by atoms with Gasteiger partial charge in [0.2, 0.25) is 0 Å². The molecule has 1 aliphatic rings. The molecule has 7 heteroatoms. The number of hydrogen-bond acceptors (Lipinski definition) is 6. The molecule has 4 rings (SSSR count). The number of amides is 1. The Morgan fingerprint density at radius 1 is 0.944 bits per heavy atom. The van der Waals surface area contributed by atoms with E-state index in [0.717, 1.165) is 5.56 Å². The molecule has 186 valence electrons. The first kappa shape index (κ1) is 25.0. The number of para-hydroxylation sites is 1. The average molecular weight is 488 g/mol. The Morgan fingerprint density at radius 3 is 2.39 bits per heavy atom. The molecule has 3 aromatic carbocycles. The molecule has 0 saturated carbocycles. The lowest BCUT2D eigenvalue weighted by Crippen LogP contribution is -2.31. The van der Waals surface area contributed by atoms with Crippen molar-refractivity contribution >= 4 is 17.4 Å². The second-order valence-corrected chi connectivity index (χ2v) is 8.51. The van der Waals surface area contributed by atoms with E-state index in [4.69, 9.17) is 14.2 Å². The fourth-order valence-corrected chi connectivity index (χ4v) is 4.39. The van der Waals surface area contributed by atoms with Gasteiger partial charge >= 0.3 is 0 Å². The topological polar surface area (TPSA) is 85.3 Å². The quantitative estimate of drug-likeness (QED) is 0.192. The maximum absolute atomic E-state index is 13.2. The molecule has 1 atom stereocenters. The molecule has 36 heavy (non-hydrogen) atoms. The van der Waals surface area contributed by atoms with Gasteiger partial charge in [-0.15, -0.1) is 0 Å². The first-order valence-electron chi connectivity index (χ1n) is 11.7. The van der Waals surface area contributed by atoms with Crippen molar-refractivity contribution in [3.63, 3.8) is 0 Å².